The maximum Gasteiger partial charge on any atom is 0.200 e. The highest BCUT2D eigenvalue weighted by atomic mass is 19.2. The van der Waals surface area contributed by atoms with Crippen molar-refractivity contribution in [3.63, 3.8) is 0 Å². The summed E-state index contributed by atoms with van der Waals surface area (Å²) in [6.45, 7) is 0. The van der Waals surface area contributed by atoms with Gasteiger partial charge in [-0.15, -0.1) is 0 Å². The van der Waals surface area contributed by atoms with Crippen LogP contribution in [0.25, 0.3) is 21.9 Å². The van der Waals surface area contributed by atoms with Crippen molar-refractivity contribution in [1.29, 1.82) is 0 Å². The molecule has 0 N–H and O–H groups in total. The predicted molar refractivity (Wildman–Crippen MR) is 69.0 cm³/mol. The molecule has 0 saturated carbocycles. The van der Waals surface area contributed by atoms with Crippen molar-refractivity contribution in [3.05, 3.63) is 70.6 Å². The SMILES string of the molecule is Fc1cc2cc(-c3c(F)c(F)c(F)c(F)c3F)cc(F)c2c(F)c1F. The minimum absolute atomic E-state index is 0.251. The average Bonchev–Trinajstić information content (AvgIpc) is 2.56. The second kappa shape index (κ2) is 5.68. The normalized spacial score (nSPS) is 11.4. The molecule has 0 fully saturated rings. The van der Waals surface area contributed by atoms with E-state index in [1.165, 1.54) is 0 Å². The van der Waals surface area contributed by atoms with Crippen LogP contribution in [-0.4, -0.2) is 0 Å². The van der Waals surface area contributed by atoms with E-state index in [1.807, 2.05) is 0 Å². The molecular weight excluding hydrogens is 363 g/mol. The lowest BCUT2D eigenvalue weighted by atomic mass is 9.98. The summed E-state index contributed by atoms with van der Waals surface area (Å²) in [5.41, 5.74) is -2.36. The lowest BCUT2D eigenvalue weighted by Gasteiger charge is -2.11. The van der Waals surface area contributed by atoms with Gasteiger partial charge in [0.25, 0.3) is 0 Å². The Labute approximate surface area is 133 Å². The van der Waals surface area contributed by atoms with Gasteiger partial charge < -0.3 is 0 Å². The van der Waals surface area contributed by atoms with Gasteiger partial charge in [0.05, 0.1) is 10.9 Å². The molecule has 3 aromatic carbocycles. The van der Waals surface area contributed by atoms with Crippen LogP contribution in [0.2, 0.25) is 0 Å². The van der Waals surface area contributed by atoms with Crippen molar-refractivity contribution in [2.75, 3.05) is 0 Å². The minimum atomic E-state index is -2.42. The monoisotopic (exact) mass is 366 g/mol. The summed E-state index contributed by atoms with van der Waals surface area (Å²) in [5, 5.41) is -1.71. The second-order valence-electron chi connectivity index (χ2n) is 4.99. The Bertz CT molecular complexity index is 1010. The Kier molecular flexibility index (Phi) is 3.89. The van der Waals surface area contributed by atoms with Gasteiger partial charge in [-0.3, -0.25) is 0 Å². The molecule has 0 saturated heterocycles. The zero-order valence-electron chi connectivity index (χ0n) is 11.6. The Hall–Kier alpha value is -2.71. The molecule has 0 spiro atoms. The summed E-state index contributed by atoms with van der Waals surface area (Å²) in [6, 6.07) is 1.15. The standard InChI is InChI=1S/C16H3F9/c17-6-2-5(1-4-3-7(18)10(19)11(20)8(4)6)9-12(21)14(23)16(25)15(24)13(9)22/h1-3H. The van der Waals surface area contributed by atoms with Gasteiger partial charge in [0.2, 0.25) is 5.82 Å². The molecule has 0 aliphatic heterocycles. The molecule has 3 aromatic rings. The number of fused-ring (bicyclic) bond motifs is 1. The third-order valence-corrected chi connectivity index (χ3v) is 3.52. The molecule has 3 rings (SSSR count). The largest absolute Gasteiger partial charge is 0.206 e. The van der Waals surface area contributed by atoms with Crippen LogP contribution in [0, 0.1) is 52.4 Å². The van der Waals surface area contributed by atoms with Crippen LogP contribution in [0.5, 0.6) is 0 Å². The van der Waals surface area contributed by atoms with Crippen molar-refractivity contribution in [2.45, 2.75) is 0 Å². The van der Waals surface area contributed by atoms with Crippen LogP contribution in [-0.2, 0) is 0 Å². The molecule has 0 amide bonds. The number of hydrogen-bond acceptors (Lipinski definition) is 0. The maximum atomic E-state index is 14.0. The third-order valence-electron chi connectivity index (χ3n) is 3.52. The molecule has 130 valence electrons. The third kappa shape index (κ3) is 2.41. The van der Waals surface area contributed by atoms with Crippen LogP contribution in [0.1, 0.15) is 0 Å². The smallest absolute Gasteiger partial charge is 0.200 e. The highest BCUT2D eigenvalue weighted by Crippen LogP contribution is 2.35. The van der Waals surface area contributed by atoms with Gasteiger partial charge >= 0.3 is 0 Å². The molecule has 0 aliphatic rings. The molecule has 0 atom stereocenters. The first-order chi connectivity index (χ1) is 11.6. The van der Waals surface area contributed by atoms with Crippen molar-refractivity contribution in [1.82, 2.24) is 0 Å². The average molecular weight is 366 g/mol. The molecule has 0 radical (unpaired) electrons. The van der Waals surface area contributed by atoms with Gasteiger partial charge in [0.1, 0.15) is 5.82 Å². The number of benzene rings is 3. The van der Waals surface area contributed by atoms with Crippen LogP contribution < -0.4 is 0 Å². The van der Waals surface area contributed by atoms with Crippen LogP contribution in [0.4, 0.5) is 39.5 Å². The predicted octanol–water partition coefficient (Wildman–Crippen LogP) is 5.76. The fraction of sp³-hybridized carbons (Fsp3) is 0. The van der Waals surface area contributed by atoms with E-state index in [0.717, 1.165) is 0 Å². The summed E-state index contributed by atoms with van der Waals surface area (Å²) in [7, 11) is 0. The van der Waals surface area contributed by atoms with E-state index < -0.39 is 74.3 Å². The first kappa shape index (κ1) is 17.1. The molecule has 0 bridgehead atoms. The lowest BCUT2D eigenvalue weighted by Crippen LogP contribution is -2.04. The summed E-state index contributed by atoms with van der Waals surface area (Å²) in [6.07, 6.45) is 0. The quantitative estimate of drug-likeness (QED) is 0.292. The summed E-state index contributed by atoms with van der Waals surface area (Å²) in [4.78, 5) is 0. The topological polar surface area (TPSA) is 0 Å². The van der Waals surface area contributed by atoms with E-state index in [0.29, 0.717) is 12.1 Å². The molecule has 9 heteroatoms. The summed E-state index contributed by atoms with van der Waals surface area (Å²) < 4.78 is 121. The maximum absolute atomic E-state index is 14.0. The Balaban J connectivity index is 2.42. The highest BCUT2D eigenvalue weighted by molar-refractivity contribution is 5.88. The van der Waals surface area contributed by atoms with E-state index in [9.17, 15) is 39.5 Å². The van der Waals surface area contributed by atoms with E-state index in [-0.39, 0.29) is 6.07 Å². The molecule has 0 nitrogen and oxygen atoms in total. The van der Waals surface area contributed by atoms with Gasteiger partial charge in [0, 0.05) is 0 Å². The van der Waals surface area contributed by atoms with Crippen molar-refractivity contribution >= 4 is 10.8 Å². The van der Waals surface area contributed by atoms with Gasteiger partial charge in [0.15, 0.2) is 40.7 Å². The first-order valence-corrected chi connectivity index (χ1v) is 6.43. The molecule has 0 unspecified atom stereocenters. The van der Waals surface area contributed by atoms with Gasteiger partial charge in [-0.25, -0.2) is 39.5 Å². The Morgan fingerprint density at radius 3 is 1.52 bits per heavy atom. The van der Waals surface area contributed by atoms with E-state index in [1.54, 1.807) is 0 Å². The van der Waals surface area contributed by atoms with E-state index >= 15 is 0 Å². The van der Waals surface area contributed by atoms with Crippen molar-refractivity contribution < 1.29 is 39.5 Å². The van der Waals surface area contributed by atoms with Gasteiger partial charge in [-0.1, -0.05) is 0 Å². The van der Waals surface area contributed by atoms with Crippen molar-refractivity contribution in [2.24, 2.45) is 0 Å². The van der Waals surface area contributed by atoms with Crippen LogP contribution in [0.15, 0.2) is 18.2 Å². The second-order valence-corrected chi connectivity index (χ2v) is 4.99. The summed E-state index contributed by atoms with van der Waals surface area (Å²) in [5.74, 6) is -18.6. The zero-order valence-corrected chi connectivity index (χ0v) is 11.6. The first-order valence-electron chi connectivity index (χ1n) is 6.43. The Morgan fingerprint density at radius 1 is 0.440 bits per heavy atom. The minimum Gasteiger partial charge on any atom is -0.206 e. The van der Waals surface area contributed by atoms with Gasteiger partial charge in [-0.2, -0.15) is 0 Å². The molecule has 0 aromatic heterocycles. The van der Waals surface area contributed by atoms with Crippen LogP contribution >= 0.6 is 0 Å². The molecule has 25 heavy (non-hydrogen) atoms. The number of rotatable bonds is 1. The fourth-order valence-corrected chi connectivity index (χ4v) is 2.39. The Morgan fingerprint density at radius 2 is 0.960 bits per heavy atom. The van der Waals surface area contributed by atoms with Crippen LogP contribution in [0.3, 0.4) is 0 Å². The fourth-order valence-electron chi connectivity index (χ4n) is 2.39. The van der Waals surface area contributed by atoms with Crippen molar-refractivity contribution in [3.8, 4) is 11.1 Å². The highest BCUT2D eigenvalue weighted by Gasteiger charge is 2.28. The van der Waals surface area contributed by atoms with Gasteiger partial charge in [-0.05, 0) is 29.1 Å². The van der Waals surface area contributed by atoms with E-state index in [4.69, 9.17) is 0 Å². The van der Waals surface area contributed by atoms with E-state index in [2.05, 4.69) is 0 Å². The number of hydrogen-bond donors (Lipinski definition) is 0. The molecule has 0 aliphatic carbocycles. The summed E-state index contributed by atoms with van der Waals surface area (Å²) >= 11 is 0. The molecule has 0 heterocycles. The number of halogens is 9. The molecular formula is C16H3F9. The lowest BCUT2D eigenvalue weighted by molar-refractivity contribution is 0.381. The zero-order chi connectivity index (χ0) is 18.6.